The normalized spacial score (nSPS) is 12.2. The maximum absolute atomic E-state index is 10.6. The van der Waals surface area contributed by atoms with Crippen LogP contribution in [0.2, 0.25) is 0 Å². The van der Waals surface area contributed by atoms with Gasteiger partial charge in [0.25, 0.3) is 0 Å². The number of hydrogen-bond acceptors (Lipinski definition) is 5. The topological polar surface area (TPSA) is 59.8 Å². The van der Waals surface area contributed by atoms with Crippen LogP contribution in [0.25, 0.3) is 11.3 Å². The molecule has 0 amide bonds. The van der Waals surface area contributed by atoms with E-state index in [4.69, 9.17) is 14.6 Å². The van der Waals surface area contributed by atoms with Crippen molar-refractivity contribution in [2.45, 2.75) is 39.3 Å². The van der Waals surface area contributed by atoms with Crippen molar-refractivity contribution < 1.29 is 14.6 Å². The first kappa shape index (κ1) is 25.5. The fraction of sp³-hybridized carbons (Fsp3) is 0.393. The number of hydrogen-bond donors (Lipinski definition) is 1. The van der Waals surface area contributed by atoms with Crippen molar-refractivity contribution in [3.8, 4) is 28.6 Å². The van der Waals surface area contributed by atoms with Crippen LogP contribution in [0.4, 0.5) is 0 Å². The third-order valence-corrected chi connectivity index (χ3v) is 5.57. The second-order valence-electron chi connectivity index (χ2n) is 9.01. The molecule has 6 nitrogen and oxygen atoms in total. The molecule has 34 heavy (non-hydrogen) atoms. The molecule has 0 saturated carbocycles. The van der Waals surface area contributed by atoms with E-state index in [9.17, 15) is 5.11 Å². The van der Waals surface area contributed by atoms with Gasteiger partial charge >= 0.3 is 0 Å². The number of aliphatic hydroxyl groups is 1. The first-order chi connectivity index (χ1) is 16.4. The van der Waals surface area contributed by atoms with Gasteiger partial charge in [0.1, 0.15) is 17.2 Å². The molecule has 0 saturated heterocycles. The number of rotatable bonds is 13. The van der Waals surface area contributed by atoms with Gasteiger partial charge in [0.2, 0.25) is 5.88 Å². The minimum Gasteiger partial charge on any atom is -0.497 e. The number of aryl methyl sites for hydroxylation is 1. The van der Waals surface area contributed by atoms with Crippen molar-refractivity contribution in [2.75, 3.05) is 20.2 Å². The van der Waals surface area contributed by atoms with Crippen LogP contribution in [0.3, 0.4) is 0 Å². The maximum Gasteiger partial charge on any atom is 0.222 e. The van der Waals surface area contributed by atoms with E-state index in [1.165, 1.54) is 0 Å². The lowest BCUT2D eigenvalue weighted by molar-refractivity contribution is 0.0953. The molecule has 0 aliphatic rings. The van der Waals surface area contributed by atoms with Gasteiger partial charge in [-0.15, -0.1) is 6.58 Å². The Labute approximate surface area is 203 Å². The lowest BCUT2D eigenvalue weighted by Crippen LogP contribution is -2.35. The number of allylic oxidation sites excluding steroid dienone is 1. The van der Waals surface area contributed by atoms with E-state index in [-0.39, 0.29) is 0 Å². The Morgan fingerprint density at radius 3 is 2.50 bits per heavy atom. The molecule has 1 N–H and O–H groups in total. The van der Waals surface area contributed by atoms with Gasteiger partial charge in [-0.05, 0) is 30.9 Å². The van der Waals surface area contributed by atoms with Gasteiger partial charge in [0.05, 0.1) is 18.8 Å². The maximum atomic E-state index is 10.6. The lowest BCUT2D eigenvalue weighted by atomic mass is 10.1. The summed E-state index contributed by atoms with van der Waals surface area (Å²) in [6.45, 7) is 10.2. The quantitative estimate of drug-likeness (QED) is 0.331. The molecule has 0 bridgehead atoms. The summed E-state index contributed by atoms with van der Waals surface area (Å²) in [6, 6.07) is 17.7. The van der Waals surface area contributed by atoms with Crippen molar-refractivity contribution in [3.63, 3.8) is 0 Å². The summed E-state index contributed by atoms with van der Waals surface area (Å²) in [5.41, 5.74) is 2.91. The molecule has 1 atom stereocenters. The van der Waals surface area contributed by atoms with Crippen LogP contribution in [0.15, 0.2) is 67.3 Å². The van der Waals surface area contributed by atoms with E-state index in [1.54, 1.807) is 11.8 Å². The third kappa shape index (κ3) is 6.95. The number of methoxy groups -OCH3 is 1. The van der Waals surface area contributed by atoms with E-state index < -0.39 is 6.10 Å². The van der Waals surface area contributed by atoms with Crippen LogP contribution in [0, 0.1) is 5.92 Å². The highest BCUT2D eigenvalue weighted by molar-refractivity contribution is 5.65. The number of benzene rings is 2. The highest BCUT2D eigenvalue weighted by atomic mass is 16.5. The molecule has 0 aliphatic carbocycles. The van der Waals surface area contributed by atoms with E-state index >= 15 is 0 Å². The fourth-order valence-corrected chi connectivity index (χ4v) is 4.07. The predicted octanol–water partition coefficient (Wildman–Crippen LogP) is 5.67. The van der Waals surface area contributed by atoms with E-state index in [0.29, 0.717) is 37.1 Å². The number of nitrogens with zero attached hydrogens (tertiary/aromatic N) is 3. The van der Waals surface area contributed by atoms with Crippen molar-refractivity contribution in [2.24, 2.45) is 13.0 Å². The molecule has 0 aliphatic heterocycles. The van der Waals surface area contributed by atoms with Crippen molar-refractivity contribution >= 4 is 0 Å². The Kier molecular flexibility index (Phi) is 9.31. The van der Waals surface area contributed by atoms with E-state index in [1.807, 2.05) is 55.6 Å². The Bertz CT molecular complexity index is 1050. The van der Waals surface area contributed by atoms with Crippen LogP contribution >= 0.6 is 0 Å². The van der Waals surface area contributed by atoms with Crippen LogP contribution in [0.1, 0.15) is 32.3 Å². The zero-order valence-corrected chi connectivity index (χ0v) is 20.8. The lowest BCUT2D eigenvalue weighted by Gasteiger charge is -2.27. The molecule has 3 rings (SSSR count). The summed E-state index contributed by atoms with van der Waals surface area (Å²) in [5, 5.41) is 15.5. The minimum absolute atomic E-state index is 0.420. The van der Waals surface area contributed by atoms with Gasteiger partial charge in [-0.3, -0.25) is 4.90 Å². The number of ether oxygens (including phenoxy) is 2. The molecule has 0 fully saturated rings. The molecule has 1 heterocycles. The smallest absolute Gasteiger partial charge is 0.222 e. The highest BCUT2D eigenvalue weighted by Gasteiger charge is 2.24. The zero-order valence-electron chi connectivity index (χ0n) is 20.8. The van der Waals surface area contributed by atoms with E-state index in [0.717, 1.165) is 35.5 Å². The van der Waals surface area contributed by atoms with Gasteiger partial charge in [-0.25, -0.2) is 4.68 Å². The summed E-state index contributed by atoms with van der Waals surface area (Å²) >= 11 is 0. The fourth-order valence-electron chi connectivity index (χ4n) is 4.07. The minimum atomic E-state index is -0.420. The summed E-state index contributed by atoms with van der Waals surface area (Å²) < 4.78 is 13.5. The first-order valence-electron chi connectivity index (χ1n) is 11.9. The molecular formula is C28H37N3O3. The Balaban J connectivity index is 1.99. The largest absolute Gasteiger partial charge is 0.497 e. The first-order valence-corrected chi connectivity index (χ1v) is 11.9. The van der Waals surface area contributed by atoms with Crippen molar-refractivity contribution in [1.29, 1.82) is 0 Å². The molecule has 0 spiro atoms. The average Bonchev–Trinajstić information content (AvgIpc) is 3.12. The summed E-state index contributed by atoms with van der Waals surface area (Å²) in [6.07, 6.45) is 2.92. The van der Waals surface area contributed by atoms with Crippen molar-refractivity contribution in [3.05, 3.63) is 72.8 Å². The third-order valence-electron chi connectivity index (χ3n) is 5.57. The summed E-state index contributed by atoms with van der Waals surface area (Å²) in [5.74, 6) is 2.55. The molecule has 6 heteroatoms. The monoisotopic (exact) mass is 463 g/mol. The molecular weight excluding hydrogens is 426 g/mol. The van der Waals surface area contributed by atoms with Gasteiger partial charge in [-0.1, -0.05) is 56.3 Å². The van der Waals surface area contributed by atoms with Gasteiger partial charge in [0, 0.05) is 38.3 Å². The molecule has 3 aromatic rings. The van der Waals surface area contributed by atoms with Gasteiger partial charge < -0.3 is 14.6 Å². The molecule has 1 aromatic heterocycles. The van der Waals surface area contributed by atoms with E-state index in [2.05, 4.69) is 37.5 Å². The summed E-state index contributed by atoms with van der Waals surface area (Å²) in [4.78, 5) is 2.29. The van der Waals surface area contributed by atoms with Crippen LogP contribution in [-0.2, 0) is 13.6 Å². The number of aromatic nitrogens is 2. The Hall–Kier alpha value is -3.09. The molecule has 182 valence electrons. The molecule has 1 unspecified atom stereocenters. The second-order valence-corrected chi connectivity index (χ2v) is 9.01. The van der Waals surface area contributed by atoms with Crippen LogP contribution in [-0.4, -0.2) is 46.1 Å². The van der Waals surface area contributed by atoms with Gasteiger partial charge in [0.15, 0.2) is 0 Å². The standard InChI is InChI=1S/C28H37N3O3/c1-6-7-14-23(32)19-31(18-21(2)3)20-26-27(22-12-9-8-10-13-22)29-30(4)28(26)34-25-16-11-15-24(17-25)33-5/h6,8-13,15-17,21,23,32H,1,7,14,18-20H2,2-5H3. The van der Waals surface area contributed by atoms with Crippen molar-refractivity contribution in [1.82, 2.24) is 14.7 Å². The SMILES string of the molecule is C=CCCC(O)CN(Cc1c(-c2ccccc2)nn(C)c1Oc1cccc(OC)c1)CC(C)C. The van der Waals surface area contributed by atoms with Crippen LogP contribution in [0.5, 0.6) is 17.4 Å². The predicted molar refractivity (Wildman–Crippen MR) is 137 cm³/mol. The molecule has 2 aromatic carbocycles. The number of aliphatic hydroxyl groups excluding tert-OH is 1. The summed E-state index contributed by atoms with van der Waals surface area (Å²) in [7, 11) is 3.54. The molecule has 0 radical (unpaired) electrons. The van der Waals surface area contributed by atoms with Gasteiger partial charge in [-0.2, -0.15) is 5.10 Å². The zero-order chi connectivity index (χ0) is 24.5. The Morgan fingerprint density at radius 1 is 1.09 bits per heavy atom. The van der Waals surface area contributed by atoms with Crippen LogP contribution < -0.4 is 9.47 Å². The highest BCUT2D eigenvalue weighted by Crippen LogP contribution is 2.35. The second kappa shape index (κ2) is 12.4. The Morgan fingerprint density at radius 2 is 1.82 bits per heavy atom. The average molecular weight is 464 g/mol.